The molecule has 1 aliphatic carbocycles. The van der Waals surface area contributed by atoms with E-state index in [-0.39, 0.29) is 6.42 Å². The summed E-state index contributed by atoms with van der Waals surface area (Å²) in [6.07, 6.45) is 4.37. The molecule has 2 rings (SSSR count). The fourth-order valence-electron chi connectivity index (χ4n) is 1.74. The summed E-state index contributed by atoms with van der Waals surface area (Å²) in [5, 5.41) is 8.57. The van der Waals surface area contributed by atoms with Crippen LogP contribution in [-0.2, 0) is 24.1 Å². The van der Waals surface area contributed by atoms with E-state index >= 15 is 0 Å². The first-order chi connectivity index (χ1) is 6.25. The quantitative estimate of drug-likeness (QED) is 0.711. The Bertz CT molecular complexity index is 307. The minimum atomic E-state index is -0.828. The van der Waals surface area contributed by atoms with Gasteiger partial charge in [0.15, 0.2) is 0 Å². The number of aromatic amines is 1. The predicted molar refractivity (Wildman–Crippen MR) is 46.6 cm³/mol. The zero-order chi connectivity index (χ0) is 9.26. The second-order valence-corrected chi connectivity index (χ2v) is 3.39. The Hall–Kier alpha value is -1.32. The molecule has 1 aromatic rings. The van der Waals surface area contributed by atoms with E-state index in [1.807, 2.05) is 0 Å². The number of hydrogen-bond acceptors (Lipinski definition) is 2. The van der Waals surface area contributed by atoms with Crippen LogP contribution in [-0.4, -0.2) is 21.0 Å². The van der Waals surface area contributed by atoms with Crippen LogP contribution in [0.4, 0.5) is 0 Å². The highest BCUT2D eigenvalue weighted by atomic mass is 16.4. The molecule has 0 radical (unpaired) electrons. The van der Waals surface area contributed by atoms with E-state index in [1.54, 1.807) is 0 Å². The van der Waals surface area contributed by atoms with Crippen molar-refractivity contribution in [2.24, 2.45) is 0 Å². The minimum absolute atomic E-state index is 0.00694. The van der Waals surface area contributed by atoms with Gasteiger partial charge in [-0.2, -0.15) is 0 Å². The van der Waals surface area contributed by atoms with Crippen molar-refractivity contribution in [2.45, 2.75) is 32.1 Å². The molecule has 2 N–H and O–H groups in total. The van der Waals surface area contributed by atoms with E-state index in [0.717, 1.165) is 24.2 Å². The molecular formula is C9H12N2O2. The van der Waals surface area contributed by atoms with Crippen molar-refractivity contribution in [1.29, 1.82) is 0 Å². The van der Waals surface area contributed by atoms with Crippen LogP contribution in [0.1, 0.15) is 30.1 Å². The average Bonchev–Trinajstić information content (AvgIpc) is 2.44. The number of nitrogens with zero attached hydrogens (tertiary/aromatic N) is 1. The van der Waals surface area contributed by atoms with Gasteiger partial charge in [-0.25, -0.2) is 4.98 Å². The molecular weight excluding hydrogens is 168 g/mol. The fourth-order valence-corrected chi connectivity index (χ4v) is 1.74. The topological polar surface area (TPSA) is 66.0 Å². The van der Waals surface area contributed by atoms with E-state index in [0.29, 0.717) is 5.82 Å². The number of carboxylic acid groups (broad SMARTS) is 1. The first-order valence-electron chi connectivity index (χ1n) is 4.54. The number of hydrogen-bond donors (Lipinski definition) is 2. The molecule has 1 aromatic heterocycles. The lowest BCUT2D eigenvalue weighted by Gasteiger charge is -2.07. The fraction of sp³-hybridized carbons (Fsp3) is 0.556. The van der Waals surface area contributed by atoms with Crippen LogP contribution in [0.2, 0.25) is 0 Å². The molecule has 0 spiro atoms. The third-order valence-electron chi connectivity index (χ3n) is 2.32. The van der Waals surface area contributed by atoms with Crippen LogP contribution in [0.5, 0.6) is 0 Å². The van der Waals surface area contributed by atoms with E-state index < -0.39 is 5.97 Å². The lowest BCUT2D eigenvalue weighted by Crippen LogP contribution is -2.01. The summed E-state index contributed by atoms with van der Waals surface area (Å²) in [5.74, 6) is -0.231. The summed E-state index contributed by atoms with van der Waals surface area (Å²) in [6.45, 7) is 0. The molecule has 0 amide bonds. The maximum absolute atomic E-state index is 10.4. The summed E-state index contributed by atoms with van der Waals surface area (Å²) in [6, 6.07) is 0. The molecule has 1 heterocycles. The van der Waals surface area contributed by atoms with E-state index in [1.165, 1.54) is 12.8 Å². The van der Waals surface area contributed by atoms with Crippen molar-refractivity contribution in [3.63, 3.8) is 0 Å². The first-order valence-corrected chi connectivity index (χ1v) is 4.54. The van der Waals surface area contributed by atoms with E-state index in [2.05, 4.69) is 9.97 Å². The Labute approximate surface area is 76.0 Å². The van der Waals surface area contributed by atoms with Gasteiger partial charge in [-0.3, -0.25) is 4.79 Å². The predicted octanol–water partition coefficient (Wildman–Crippen LogP) is 0.916. The second-order valence-electron chi connectivity index (χ2n) is 3.39. The smallest absolute Gasteiger partial charge is 0.311 e. The van der Waals surface area contributed by atoms with Gasteiger partial charge < -0.3 is 10.1 Å². The van der Waals surface area contributed by atoms with Crippen molar-refractivity contribution >= 4 is 5.97 Å². The number of carboxylic acids is 1. The maximum Gasteiger partial charge on any atom is 0.311 e. The van der Waals surface area contributed by atoms with Gasteiger partial charge in [0.25, 0.3) is 0 Å². The Balaban J connectivity index is 2.20. The standard InChI is InChI=1S/C9H12N2O2/c12-9(13)5-8-10-6-3-1-2-4-7(6)11-8/h1-5H2,(H,10,11)(H,12,13). The summed E-state index contributed by atoms with van der Waals surface area (Å²) in [4.78, 5) is 17.7. The van der Waals surface area contributed by atoms with Gasteiger partial charge in [-0.15, -0.1) is 0 Å². The molecule has 4 heteroatoms. The van der Waals surface area contributed by atoms with Gasteiger partial charge >= 0.3 is 5.97 Å². The van der Waals surface area contributed by atoms with Crippen LogP contribution in [0.3, 0.4) is 0 Å². The third kappa shape index (κ3) is 1.71. The van der Waals surface area contributed by atoms with Gasteiger partial charge in [0, 0.05) is 5.69 Å². The molecule has 13 heavy (non-hydrogen) atoms. The number of fused-ring (bicyclic) bond motifs is 1. The van der Waals surface area contributed by atoms with E-state index in [9.17, 15) is 4.79 Å². The van der Waals surface area contributed by atoms with Crippen LogP contribution in [0.25, 0.3) is 0 Å². The molecule has 0 atom stereocenters. The molecule has 0 aliphatic heterocycles. The number of rotatable bonds is 2. The Morgan fingerprint density at radius 2 is 2.23 bits per heavy atom. The lowest BCUT2D eigenvalue weighted by molar-refractivity contribution is -0.136. The van der Waals surface area contributed by atoms with Crippen molar-refractivity contribution < 1.29 is 9.90 Å². The lowest BCUT2D eigenvalue weighted by atomic mass is 10.0. The molecule has 1 aliphatic rings. The van der Waals surface area contributed by atoms with Crippen molar-refractivity contribution in [3.8, 4) is 0 Å². The highest BCUT2D eigenvalue weighted by Gasteiger charge is 2.15. The SMILES string of the molecule is O=C(O)Cc1nc2c([nH]1)CCCC2. The minimum Gasteiger partial charge on any atom is -0.481 e. The number of imidazole rings is 1. The third-order valence-corrected chi connectivity index (χ3v) is 2.32. The van der Waals surface area contributed by atoms with Gasteiger partial charge in [-0.1, -0.05) is 0 Å². The van der Waals surface area contributed by atoms with Gasteiger partial charge in [0.1, 0.15) is 12.2 Å². The molecule has 4 nitrogen and oxygen atoms in total. The largest absolute Gasteiger partial charge is 0.481 e. The first kappa shape index (κ1) is 8.29. The normalized spacial score (nSPS) is 15.4. The monoisotopic (exact) mass is 180 g/mol. The molecule has 0 unspecified atom stereocenters. The Morgan fingerprint density at radius 1 is 1.46 bits per heavy atom. The second kappa shape index (κ2) is 3.20. The maximum atomic E-state index is 10.4. The van der Waals surface area contributed by atoms with Crippen molar-refractivity contribution in [3.05, 3.63) is 17.2 Å². The van der Waals surface area contributed by atoms with Crippen LogP contribution in [0, 0.1) is 0 Å². The molecule has 0 saturated carbocycles. The zero-order valence-corrected chi connectivity index (χ0v) is 7.34. The summed E-state index contributed by atoms with van der Waals surface area (Å²) < 4.78 is 0. The van der Waals surface area contributed by atoms with Crippen molar-refractivity contribution in [2.75, 3.05) is 0 Å². The molecule has 0 fully saturated rings. The van der Waals surface area contributed by atoms with Crippen LogP contribution >= 0.6 is 0 Å². The highest BCUT2D eigenvalue weighted by Crippen LogP contribution is 2.18. The number of aliphatic carboxylic acids is 1. The molecule has 70 valence electrons. The molecule has 0 saturated heterocycles. The number of nitrogens with one attached hydrogen (secondary N) is 1. The molecule has 0 bridgehead atoms. The van der Waals surface area contributed by atoms with Crippen molar-refractivity contribution in [1.82, 2.24) is 9.97 Å². The van der Waals surface area contributed by atoms with E-state index in [4.69, 9.17) is 5.11 Å². The summed E-state index contributed by atoms with van der Waals surface area (Å²) in [5.41, 5.74) is 2.21. The van der Waals surface area contributed by atoms with Gasteiger partial charge in [0.2, 0.25) is 0 Å². The Kier molecular flexibility index (Phi) is 2.04. The van der Waals surface area contributed by atoms with Gasteiger partial charge in [0.05, 0.1) is 5.69 Å². The van der Waals surface area contributed by atoms with Gasteiger partial charge in [-0.05, 0) is 25.7 Å². The molecule has 0 aromatic carbocycles. The number of aryl methyl sites for hydroxylation is 2. The average molecular weight is 180 g/mol. The Morgan fingerprint density at radius 3 is 2.92 bits per heavy atom. The number of aromatic nitrogens is 2. The van der Waals surface area contributed by atoms with Crippen LogP contribution in [0.15, 0.2) is 0 Å². The number of carbonyl (C=O) groups is 1. The van der Waals surface area contributed by atoms with Crippen LogP contribution < -0.4 is 0 Å². The summed E-state index contributed by atoms with van der Waals surface area (Å²) in [7, 11) is 0. The highest BCUT2D eigenvalue weighted by molar-refractivity contribution is 5.69. The zero-order valence-electron chi connectivity index (χ0n) is 7.34. The summed E-state index contributed by atoms with van der Waals surface area (Å²) >= 11 is 0. The number of H-pyrrole nitrogens is 1.